The van der Waals surface area contributed by atoms with Gasteiger partial charge in [-0.15, -0.1) is 0 Å². The van der Waals surface area contributed by atoms with Gasteiger partial charge in [0.15, 0.2) is 0 Å². The number of aromatic nitrogens is 2. The van der Waals surface area contributed by atoms with Crippen molar-refractivity contribution in [2.24, 2.45) is 0 Å². The van der Waals surface area contributed by atoms with E-state index in [-0.39, 0.29) is 12.5 Å². The Kier molecular flexibility index (Phi) is 3.80. The Labute approximate surface area is 127 Å². The molecule has 0 saturated heterocycles. The van der Waals surface area contributed by atoms with Crippen molar-refractivity contribution >= 4 is 5.82 Å². The predicted octanol–water partition coefficient (Wildman–Crippen LogP) is 3.68. The van der Waals surface area contributed by atoms with Crippen molar-refractivity contribution in [1.82, 2.24) is 9.78 Å². The zero-order chi connectivity index (χ0) is 15.7. The first kappa shape index (κ1) is 14.5. The van der Waals surface area contributed by atoms with Gasteiger partial charge in [-0.3, -0.25) is 0 Å². The zero-order valence-corrected chi connectivity index (χ0v) is 12.1. The van der Waals surface area contributed by atoms with Crippen molar-refractivity contribution < 1.29 is 8.78 Å². The average Bonchev–Trinajstić information content (AvgIpc) is 2.96. The summed E-state index contributed by atoms with van der Waals surface area (Å²) < 4.78 is 27.9. The van der Waals surface area contributed by atoms with E-state index >= 15 is 0 Å². The summed E-state index contributed by atoms with van der Waals surface area (Å²) >= 11 is 0. The summed E-state index contributed by atoms with van der Waals surface area (Å²) in [5.41, 5.74) is 2.44. The van der Waals surface area contributed by atoms with E-state index in [1.807, 2.05) is 30.3 Å². The zero-order valence-electron chi connectivity index (χ0n) is 12.1. The molecule has 2 heterocycles. The second-order valence-electron chi connectivity index (χ2n) is 5.39. The molecule has 2 aromatic rings. The summed E-state index contributed by atoms with van der Waals surface area (Å²) in [7, 11) is 0. The van der Waals surface area contributed by atoms with Crippen LogP contribution in [0, 0.1) is 11.3 Å². The highest BCUT2D eigenvalue weighted by Crippen LogP contribution is 2.39. The fraction of sp³-hybridized carbons (Fsp3) is 0.375. The minimum Gasteiger partial charge on any atom is -0.362 e. The van der Waals surface area contributed by atoms with Gasteiger partial charge in [-0.25, -0.2) is 13.5 Å². The van der Waals surface area contributed by atoms with Crippen LogP contribution in [-0.4, -0.2) is 16.2 Å². The summed E-state index contributed by atoms with van der Waals surface area (Å²) in [5.74, 6) is 0.378. The summed E-state index contributed by atoms with van der Waals surface area (Å²) in [4.78, 5) is 0. The van der Waals surface area contributed by atoms with Crippen molar-refractivity contribution in [1.29, 1.82) is 5.26 Å². The lowest BCUT2D eigenvalue weighted by Crippen LogP contribution is -2.31. The van der Waals surface area contributed by atoms with Gasteiger partial charge in [0.2, 0.25) is 0 Å². The number of anilines is 1. The monoisotopic (exact) mass is 302 g/mol. The van der Waals surface area contributed by atoms with E-state index in [1.54, 1.807) is 0 Å². The number of hydrogen-bond donors (Lipinski definition) is 1. The summed E-state index contributed by atoms with van der Waals surface area (Å²) in [6.07, 6.45) is -0.0171. The Balaban J connectivity index is 1.96. The van der Waals surface area contributed by atoms with E-state index in [0.29, 0.717) is 11.4 Å². The molecule has 1 aromatic heterocycles. The van der Waals surface area contributed by atoms with Crippen molar-refractivity contribution in [2.45, 2.75) is 38.3 Å². The lowest BCUT2D eigenvalue weighted by Gasteiger charge is -2.32. The number of nitrogens with one attached hydrogen (secondary N) is 1. The number of fused-ring (bicyclic) bond motifs is 1. The number of alkyl halides is 2. The Morgan fingerprint density at radius 3 is 2.73 bits per heavy atom. The molecule has 0 radical (unpaired) electrons. The quantitative estimate of drug-likeness (QED) is 0.941. The van der Waals surface area contributed by atoms with Gasteiger partial charge in [-0.2, -0.15) is 10.4 Å². The highest BCUT2D eigenvalue weighted by Gasteiger charge is 2.35. The van der Waals surface area contributed by atoms with Gasteiger partial charge in [0.25, 0.3) is 6.43 Å². The second-order valence-corrected chi connectivity index (χ2v) is 5.39. The number of benzene rings is 1. The molecule has 0 unspecified atom stereocenters. The van der Waals surface area contributed by atoms with Gasteiger partial charge >= 0.3 is 0 Å². The lowest BCUT2D eigenvalue weighted by molar-refractivity contribution is 0.0658. The molecule has 114 valence electrons. The SMILES string of the molecule is CCc1ccc([C@H]2C[C@@H](C(F)F)n3ncc(C#N)c3N2)cc1. The van der Waals surface area contributed by atoms with Crippen LogP contribution >= 0.6 is 0 Å². The van der Waals surface area contributed by atoms with Crippen LogP contribution in [-0.2, 0) is 6.42 Å². The van der Waals surface area contributed by atoms with Gasteiger partial charge < -0.3 is 5.32 Å². The first-order valence-electron chi connectivity index (χ1n) is 7.25. The van der Waals surface area contributed by atoms with E-state index in [9.17, 15) is 8.78 Å². The Bertz CT molecular complexity index is 700. The molecule has 3 rings (SSSR count). The number of nitrogens with zero attached hydrogens (tertiary/aromatic N) is 3. The molecule has 0 amide bonds. The van der Waals surface area contributed by atoms with Gasteiger partial charge in [-0.05, 0) is 24.0 Å². The van der Waals surface area contributed by atoms with Crippen LogP contribution in [0.5, 0.6) is 0 Å². The normalized spacial score (nSPS) is 20.3. The van der Waals surface area contributed by atoms with Gasteiger partial charge in [0.1, 0.15) is 23.5 Å². The molecule has 4 nitrogen and oxygen atoms in total. The first-order chi connectivity index (χ1) is 10.6. The van der Waals surface area contributed by atoms with Gasteiger partial charge in [-0.1, -0.05) is 31.2 Å². The molecule has 0 bridgehead atoms. The van der Waals surface area contributed by atoms with Crippen LogP contribution in [0.15, 0.2) is 30.5 Å². The van der Waals surface area contributed by atoms with E-state index in [1.165, 1.54) is 16.4 Å². The molecule has 1 aliphatic heterocycles. The summed E-state index contributed by atoms with van der Waals surface area (Å²) in [6.45, 7) is 2.07. The minimum absolute atomic E-state index is 0.239. The van der Waals surface area contributed by atoms with Crippen molar-refractivity contribution in [3.8, 4) is 6.07 Å². The number of halogens is 2. The van der Waals surface area contributed by atoms with Crippen LogP contribution in [0.3, 0.4) is 0 Å². The lowest BCUT2D eigenvalue weighted by atomic mass is 9.96. The van der Waals surface area contributed by atoms with E-state index in [2.05, 4.69) is 17.3 Å². The molecule has 0 fully saturated rings. The number of rotatable bonds is 3. The molecule has 1 aromatic carbocycles. The molecule has 1 aliphatic rings. The molecule has 0 saturated carbocycles. The third-order valence-electron chi connectivity index (χ3n) is 4.10. The maximum atomic E-state index is 13.3. The fourth-order valence-electron chi connectivity index (χ4n) is 2.82. The molecule has 6 heteroatoms. The molecule has 22 heavy (non-hydrogen) atoms. The first-order valence-corrected chi connectivity index (χ1v) is 7.25. The van der Waals surface area contributed by atoms with Crippen molar-refractivity contribution in [2.75, 3.05) is 5.32 Å². The van der Waals surface area contributed by atoms with E-state index in [4.69, 9.17) is 5.26 Å². The van der Waals surface area contributed by atoms with Gasteiger partial charge in [0.05, 0.1) is 12.2 Å². The molecule has 0 aliphatic carbocycles. The minimum atomic E-state index is -2.52. The predicted molar refractivity (Wildman–Crippen MR) is 78.8 cm³/mol. The fourth-order valence-corrected chi connectivity index (χ4v) is 2.82. The third-order valence-corrected chi connectivity index (χ3v) is 4.10. The largest absolute Gasteiger partial charge is 0.362 e. The molecular weight excluding hydrogens is 286 g/mol. The number of nitriles is 1. The maximum absolute atomic E-state index is 13.3. The summed E-state index contributed by atoms with van der Waals surface area (Å²) in [5, 5.41) is 16.2. The standard InChI is InChI=1S/C16H16F2N4/c1-2-10-3-5-11(6-4-10)13-7-14(15(17)18)22-16(21-13)12(8-19)9-20-22/h3-6,9,13-15,21H,2,7H2,1H3/t13-,14+/m1/s1. The van der Waals surface area contributed by atoms with E-state index in [0.717, 1.165) is 12.0 Å². The Morgan fingerprint density at radius 2 is 2.14 bits per heavy atom. The third kappa shape index (κ3) is 2.43. The molecule has 1 N–H and O–H groups in total. The van der Waals surface area contributed by atoms with Crippen LogP contribution < -0.4 is 5.32 Å². The molecule has 2 atom stereocenters. The van der Waals surface area contributed by atoms with Gasteiger partial charge in [0, 0.05) is 0 Å². The second kappa shape index (κ2) is 5.76. The number of aryl methyl sites for hydroxylation is 1. The van der Waals surface area contributed by atoms with Crippen molar-refractivity contribution in [3.05, 3.63) is 47.2 Å². The topological polar surface area (TPSA) is 53.6 Å². The Hall–Kier alpha value is -2.42. The smallest absolute Gasteiger partial charge is 0.260 e. The van der Waals surface area contributed by atoms with Crippen molar-refractivity contribution in [3.63, 3.8) is 0 Å². The summed E-state index contributed by atoms with van der Waals surface area (Å²) in [6, 6.07) is 8.65. The van der Waals surface area contributed by atoms with Crippen LogP contribution in [0.25, 0.3) is 0 Å². The van der Waals surface area contributed by atoms with Crippen LogP contribution in [0.2, 0.25) is 0 Å². The highest BCUT2D eigenvalue weighted by molar-refractivity contribution is 5.54. The Morgan fingerprint density at radius 1 is 1.41 bits per heavy atom. The maximum Gasteiger partial charge on any atom is 0.260 e. The van der Waals surface area contributed by atoms with Crippen LogP contribution in [0.1, 0.15) is 42.1 Å². The van der Waals surface area contributed by atoms with Crippen LogP contribution in [0.4, 0.5) is 14.6 Å². The number of hydrogen-bond acceptors (Lipinski definition) is 3. The average molecular weight is 302 g/mol. The van der Waals surface area contributed by atoms with E-state index < -0.39 is 12.5 Å². The molecule has 0 spiro atoms. The molecular formula is C16H16F2N4. The highest BCUT2D eigenvalue weighted by atomic mass is 19.3.